The fraction of sp³-hybridized carbons (Fsp3) is 0.360. The lowest BCUT2D eigenvalue weighted by molar-refractivity contribution is -0.127. The fourth-order valence-electron chi connectivity index (χ4n) is 4.20. The second-order valence-corrected chi connectivity index (χ2v) is 9.04. The molecule has 1 aliphatic rings. The number of rotatable bonds is 8. The van der Waals surface area contributed by atoms with Gasteiger partial charge in [0.05, 0.1) is 19.9 Å². The molecule has 1 fully saturated rings. The van der Waals surface area contributed by atoms with Crippen molar-refractivity contribution >= 4 is 23.2 Å². The molecule has 1 atom stereocenters. The van der Waals surface area contributed by atoms with Crippen molar-refractivity contribution in [2.45, 2.75) is 50.7 Å². The highest BCUT2D eigenvalue weighted by Gasteiger charge is 2.35. The minimum atomic E-state index is -0.813. The number of carbonyl (C=O) groups is 2. The summed E-state index contributed by atoms with van der Waals surface area (Å²) < 4.78 is 10.8. The van der Waals surface area contributed by atoms with Gasteiger partial charge in [-0.15, -0.1) is 11.3 Å². The Kier molecular flexibility index (Phi) is 7.27. The Labute approximate surface area is 192 Å². The van der Waals surface area contributed by atoms with Crippen molar-refractivity contribution < 1.29 is 18.7 Å². The van der Waals surface area contributed by atoms with Crippen LogP contribution in [-0.4, -0.2) is 29.9 Å². The van der Waals surface area contributed by atoms with Crippen molar-refractivity contribution in [3.05, 3.63) is 76.4 Å². The van der Waals surface area contributed by atoms with Crippen molar-refractivity contribution in [1.29, 1.82) is 0 Å². The van der Waals surface area contributed by atoms with Crippen LogP contribution in [0.2, 0.25) is 0 Å². The van der Waals surface area contributed by atoms with E-state index in [0.29, 0.717) is 17.9 Å². The summed E-state index contributed by atoms with van der Waals surface area (Å²) in [5.41, 5.74) is 0.703. The molecule has 168 valence electrons. The molecule has 1 saturated carbocycles. The third-order valence-electron chi connectivity index (χ3n) is 5.82. The highest BCUT2D eigenvalue weighted by atomic mass is 32.1. The zero-order valence-corrected chi connectivity index (χ0v) is 19.0. The Bertz CT molecular complexity index is 1010. The Balaban J connectivity index is 1.72. The van der Waals surface area contributed by atoms with Crippen LogP contribution in [0.1, 0.15) is 59.1 Å². The van der Waals surface area contributed by atoms with Gasteiger partial charge in [0.25, 0.3) is 5.91 Å². The van der Waals surface area contributed by atoms with Crippen LogP contribution in [0.5, 0.6) is 5.75 Å². The van der Waals surface area contributed by atoms with Crippen LogP contribution in [0.25, 0.3) is 0 Å². The molecule has 0 spiro atoms. The number of thiophene rings is 1. The molecular formula is C25H28N2O4S. The molecule has 32 heavy (non-hydrogen) atoms. The molecule has 2 amide bonds. The van der Waals surface area contributed by atoms with E-state index >= 15 is 0 Å². The third kappa shape index (κ3) is 5.22. The van der Waals surface area contributed by atoms with Crippen molar-refractivity contribution in [3.63, 3.8) is 0 Å². The molecule has 0 bridgehead atoms. The normalized spacial score (nSPS) is 15.2. The first-order valence-electron chi connectivity index (χ1n) is 11.0. The predicted octanol–water partition coefficient (Wildman–Crippen LogP) is 5.18. The van der Waals surface area contributed by atoms with E-state index < -0.39 is 6.04 Å². The lowest BCUT2D eigenvalue weighted by Gasteiger charge is -2.33. The maximum atomic E-state index is 13.7. The quantitative estimate of drug-likeness (QED) is 0.511. The van der Waals surface area contributed by atoms with Crippen molar-refractivity contribution in [2.24, 2.45) is 0 Å². The minimum Gasteiger partial charge on any atom is -0.497 e. The highest BCUT2D eigenvalue weighted by molar-refractivity contribution is 7.09. The largest absolute Gasteiger partial charge is 0.497 e. The Hall–Kier alpha value is -3.06. The number of methoxy groups -OCH3 is 1. The van der Waals surface area contributed by atoms with Gasteiger partial charge in [-0.3, -0.25) is 9.59 Å². The molecule has 7 heteroatoms. The molecule has 2 heterocycles. The van der Waals surface area contributed by atoms with Crippen LogP contribution in [0.15, 0.2) is 64.6 Å². The van der Waals surface area contributed by atoms with Gasteiger partial charge in [-0.2, -0.15) is 0 Å². The van der Waals surface area contributed by atoms with Gasteiger partial charge in [0.1, 0.15) is 11.8 Å². The number of furan rings is 1. The van der Waals surface area contributed by atoms with E-state index in [0.717, 1.165) is 30.6 Å². The average Bonchev–Trinajstić information content (AvgIpc) is 3.54. The Morgan fingerprint density at radius 1 is 1.16 bits per heavy atom. The molecular weight excluding hydrogens is 424 g/mol. The van der Waals surface area contributed by atoms with Crippen molar-refractivity contribution in [1.82, 2.24) is 10.2 Å². The molecule has 4 rings (SSSR count). The molecule has 2 aromatic heterocycles. The van der Waals surface area contributed by atoms with E-state index in [9.17, 15) is 9.59 Å². The van der Waals surface area contributed by atoms with Gasteiger partial charge in [-0.1, -0.05) is 37.5 Å². The van der Waals surface area contributed by atoms with E-state index in [1.807, 2.05) is 41.8 Å². The van der Waals surface area contributed by atoms with Gasteiger partial charge in [0, 0.05) is 10.9 Å². The highest BCUT2D eigenvalue weighted by Crippen LogP contribution is 2.30. The topological polar surface area (TPSA) is 71.8 Å². The predicted molar refractivity (Wildman–Crippen MR) is 124 cm³/mol. The molecule has 6 nitrogen and oxygen atoms in total. The summed E-state index contributed by atoms with van der Waals surface area (Å²) >= 11 is 1.55. The number of hydrogen-bond acceptors (Lipinski definition) is 5. The molecule has 0 aliphatic heterocycles. The Morgan fingerprint density at radius 3 is 2.69 bits per heavy atom. The van der Waals surface area contributed by atoms with E-state index in [2.05, 4.69) is 5.32 Å². The van der Waals surface area contributed by atoms with Crippen LogP contribution in [0.3, 0.4) is 0 Å². The number of benzene rings is 1. The number of hydrogen-bond donors (Lipinski definition) is 1. The lowest BCUT2D eigenvalue weighted by atomic mass is 9.94. The van der Waals surface area contributed by atoms with Crippen LogP contribution in [0, 0.1) is 0 Å². The summed E-state index contributed by atoms with van der Waals surface area (Å²) in [7, 11) is 1.59. The summed E-state index contributed by atoms with van der Waals surface area (Å²) in [4.78, 5) is 29.8. The van der Waals surface area contributed by atoms with Crippen molar-refractivity contribution in [2.75, 3.05) is 7.11 Å². The third-order valence-corrected chi connectivity index (χ3v) is 6.68. The van der Waals surface area contributed by atoms with Gasteiger partial charge in [0.15, 0.2) is 5.76 Å². The second kappa shape index (κ2) is 10.5. The summed E-state index contributed by atoms with van der Waals surface area (Å²) in [5.74, 6) is 0.344. The molecule has 1 N–H and O–H groups in total. The SMILES string of the molecule is COc1cccc([C@H](C(=O)NC2CCCCC2)N(Cc2cccs2)C(=O)c2ccco2)c1. The maximum Gasteiger partial charge on any atom is 0.290 e. The Morgan fingerprint density at radius 2 is 2.00 bits per heavy atom. The molecule has 3 aromatic rings. The number of ether oxygens (including phenoxy) is 1. The first-order chi connectivity index (χ1) is 15.7. The molecule has 1 aliphatic carbocycles. The molecule has 0 radical (unpaired) electrons. The van der Waals surface area contributed by atoms with E-state index in [4.69, 9.17) is 9.15 Å². The first-order valence-corrected chi connectivity index (χ1v) is 11.8. The number of amides is 2. The lowest BCUT2D eigenvalue weighted by Crippen LogP contribution is -2.46. The molecule has 0 saturated heterocycles. The summed E-state index contributed by atoms with van der Waals surface area (Å²) in [6, 6.07) is 13.9. The maximum absolute atomic E-state index is 13.7. The zero-order valence-electron chi connectivity index (χ0n) is 18.2. The number of nitrogens with one attached hydrogen (secondary N) is 1. The second-order valence-electron chi connectivity index (χ2n) is 8.01. The van der Waals surface area contributed by atoms with Crippen LogP contribution < -0.4 is 10.1 Å². The fourth-order valence-corrected chi connectivity index (χ4v) is 4.91. The van der Waals surface area contributed by atoms with Crippen molar-refractivity contribution in [3.8, 4) is 5.75 Å². The van der Waals surface area contributed by atoms with Gasteiger partial charge in [-0.05, 0) is 54.1 Å². The summed E-state index contributed by atoms with van der Waals surface area (Å²) in [6.45, 7) is 0.303. The van der Waals surface area contributed by atoms with Gasteiger partial charge in [-0.25, -0.2) is 0 Å². The van der Waals surface area contributed by atoms with Gasteiger partial charge >= 0.3 is 0 Å². The van der Waals surface area contributed by atoms with Gasteiger partial charge < -0.3 is 19.4 Å². The van der Waals surface area contributed by atoms with E-state index in [-0.39, 0.29) is 23.6 Å². The monoisotopic (exact) mass is 452 g/mol. The molecule has 0 unspecified atom stereocenters. The number of carbonyl (C=O) groups excluding carboxylic acids is 2. The van der Waals surface area contributed by atoms with Crippen LogP contribution >= 0.6 is 11.3 Å². The summed E-state index contributed by atoms with van der Waals surface area (Å²) in [5, 5.41) is 5.18. The van der Waals surface area contributed by atoms with Crippen LogP contribution in [-0.2, 0) is 11.3 Å². The number of nitrogens with zero attached hydrogens (tertiary/aromatic N) is 1. The summed E-state index contributed by atoms with van der Waals surface area (Å²) in [6.07, 6.45) is 6.83. The standard InChI is InChI=1S/C25H28N2O4S/c1-30-20-11-5-8-18(16-20)23(24(28)26-19-9-3-2-4-10-19)27(17-21-12-7-15-32-21)25(29)22-13-6-14-31-22/h5-8,11-16,19,23H,2-4,9-10,17H2,1H3,(H,26,28)/t23-/m1/s1. The smallest absolute Gasteiger partial charge is 0.290 e. The van der Waals surface area contributed by atoms with Crippen LogP contribution in [0.4, 0.5) is 0 Å². The minimum absolute atomic E-state index is 0.131. The van der Waals surface area contributed by atoms with E-state index in [1.54, 1.807) is 35.5 Å². The average molecular weight is 453 g/mol. The van der Waals surface area contributed by atoms with Gasteiger partial charge in [0.2, 0.25) is 5.91 Å². The van der Waals surface area contributed by atoms with E-state index in [1.165, 1.54) is 12.7 Å². The first kappa shape index (κ1) is 22.1. The zero-order chi connectivity index (χ0) is 22.3. The molecule has 1 aromatic carbocycles.